The van der Waals surface area contributed by atoms with E-state index in [2.05, 4.69) is 15.7 Å². The maximum absolute atomic E-state index is 13.3. The minimum atomic E-state index is -5.07. The van der Waals surface area contributed by atoms with Crippen molar-refractivity contribution in [1.82, 2.24) is 25.0 Å². The first kappa shape index (κ1) is 33.6. The van der Waals surface area contributed by atoms with Gasteiger partial charge in [-0.3, -0.25) is 14.2 Å². The summed E-state index contributed by atoms with van der Waals surface area (Å²) in [5, 5.41) is 18.7. The zero-order valence-corrected chi connectivity index (χ0v) is 23.1. The van der Waals surface area contributed by atoms with Crippen LogP contribution in [-0.2, 0) is 33.6 Å². The molecule has 1 heterocycles. The molecule has 1 unspecified atom stereocenters. The standard InChI is InChI=1S/C26H26ClF6N5O5/c1-43-10-9-34-21(40)12-19(16-3-2-4-17(11-16)25(28,29)30)35-22(41)14-38-24(42)37(13-20(39)26(31,32)33)23(36-38)15-5-7-18(27)8-6-15/h2-8,11,19-20,39H,9-10,12-14H2,1H3,(H,34,40)(H,35,41)/t19?,20-/m0/s1. The average Bonchev–Trinajstić information content (AvgIpc) is 3.22. The number of ether oxygens (including phenoxy) is 1. The SMILES string of the molecule is COCCNC(=O)CC(NC(=O)Cn1nc(-c2ccc(Cl)cc2)n(C[C@H](O)C(F)(F)F)c1=O)c1cccc(C(F)(F)F)c1. The second kappa shape index (κ2) is 14.1. The fraction of sp³-hybridized carbons (Fsp3) is 0.385. The Morgan fingerprint density at radius 2 is 1.74 bits per heavy atom. The van der Waals surface area contributed by atoms with Crippen LogP contribution in [0.1, 0.15) is 23.6 Å². The van der Waals surface area contributed by atoms with Crippen LogP contribution >= 0.6 is 11.6 Å². The number of rotatable bonds is 12. The van der Waals surface area contributed by atoms with Crippen molar-refractivity contribution in [3.05, 3.63) is 75.2 Å². The molecule has 1 aromatic heterocycles. The summed E-state index contributed by atoms with van der Waals surface area (Å²) in [5.74, 6) is -1.94. The van der Waals surface area contributed by atoms with Crippen molar-refractivity contribution >= 4 is 23.4 Å². The zero-order chi connectivity index (χ0) is 31.9. The fourth-order valence-electron chi connectivity index (χ4n) is 3.91. The molecule has 0 saturated carbocycles. The third-order valence-corrected chi connectivity index (χ3v) is 6.27. The first-order valence-electron chi connectivity index (χ1n) is 12.5. The van der Waals surface area contributed by atoms with Gasteiger partial charge in [-0.2, -0.15) is 26.3 Å². The smallest absolute Gasteiger partial charge is 0.383 e. The molecule has 0 radical (unpaired) electrons. The van der Waals surface area contributed by atoms with E-state index >= 15 is 0 Å². The van der Waals surface area contributed by atoms with Gasteiger partial charge in [-0.15, -0.1) is 5.10 Å². The highest BCUT2D eigenvalue weighted by molar-refractivity contribution is 6.30. The summed E-state index contributed by atoms with van der Waals surface area (Å²) in [6, 6.07) is 8.11. The topological polar surface area (TPSA) is 127 Å². The molecule has 0 bridgehead atoms. The molecule has 2 amide bonds. The molecule has 2 aromatic carbocycles. The Labute approximate surface area is 245 Å². The number of alkyl halides is 6. The molecular formula is C26H26ClF6N5O5. The number of carbonyl (C=O) groups excluding carboxylic acids is 2. The van der Waals surface area contributed by atoms with E-state index in [1.165, 1.54) is 37.4 Å². The monoisotopic (exact) mass is 637 g/mol. The van der Waals surface area contributed by atoms with Crippen molar-refractivity contribution < 1.29 is 45.8 Å². The van der Waals surface area contributed by atoms with Gasteiger partial charge in [-0.25, -0.2) is 9.48 Å². The number of aromatic nitrogens is 3. The Morgan fingerprint density at radius 1 is 1.07 bits per heavy atom. The molecule has 10 nitrogen and oxygen atoms in total. The summed E-state index contributed by atoms with van der Waals surface area (Å²) >= 11 is 5.86. The lowest BCUT2D eigenvalue weighted by Crippen LogP contribution is -2.40. The second-order valence-electron chi connectivity index (χ2n) is 9.23. The molecule has 0 fully saturated rings. The Morgan fingerprint density at radius 3 is 2.35 bits per heavy atom. The Kier molecular flexibility index (Phi) is 11.0. The van der Waals surface area contributed by atoms with Gasteiger partial charge in [0.15, 0.2) is 11.9 Å². The molecule has 0 aliphatic carbocycles. The van der Waals surface area contributed by atoms with Gasteiger partial charge in [0.25, 0.3) is 0 Å². The van der Waals surface area contributed by atoms with Crippen molar-refractivity contribution in [2.24, 2.45) is 0 Å². The molecule has 0 aliphatic rings. The van der Waals surface area contributed by atoms with Crippen LogP contribution in [-0.4, -0.2) is 63.8 Å². The van der Waals surface area contributed by atoms with Crippen molar-refractivity contribution in [2.45, 2.75) is 44.0 Å². The lowest BCUT2D eigenvalue weighted by molar-refractivity contribution is -0.207. The van der Waals surface area contributed by atoms with Crippen molar-refractivity contribution in [3.63, 3.8) is 0 Å². The quantitative estimate of drug-likeness (QED) is 0.207. The number of benzene rings is 2. The number of carbonyl (C=O) groups is 2. The number of halogens is 7. The van der Waals surface area contributed by atoms with Crippen LogP contribution in [0.5, 0.6) is 0 Å². The lowest BCUT2D eigenvalue weighted by Gasteiger charge is -2.20. The van der Waals surface area contributed by atoms with E-state index in [9.17, 15) is 45.8 Å². The number of methoxy groups -OCH3 is 1. The lowest BCUT2D eigenvalue weighted by atomic mass is 10.0. The maximum atomic E-state index is 13.3. The average molecular weight is 638 g/mol. The van der Waals surface area contributed by atoms with Crippen LogP contribution in [0.4, 0.5) is 26.3 Å². The van der Waals surface area contributed by atoms with Crippen LogP contribution in [0.15, 0.2) is 53.3 Å². The Hall–Kier alpha value is -3.89. The highest BCUT2D eigenvalue weighted by Gasteiger charge is 2.39. The normalized spacial score (nSPS) is 13.4. The van der Waals surface area contributed by atoms with Crippen molar-refractivity contribution in [2.75, 3.05) is 20.3 Å². The van der Waals surface area contributed by atoms with Crippen LogP contribution in [0.25, 0.3) is 11.4 Å². The van der Waals surface area contributed by atoms with E-state index in [-0.39, 0.29) is 35.1 Å². The third-order valence-electron chi connectivity index (χ3n) is 6.02. The van der Waals surface area contributed by atoms with Gasteiger partial charge < -0.3 is 20.5 Å². The maximum Gasteiger partial charge on any atom is 0.416 e. The molecule has 17 heteroatoms. The Balaban J connectivity index is 1.92. The number of amides is 2. The molecule has 3 rings (SSSR count). The van der Waals surface area contributed by atoms with Crippen LogP contribution < -0.4 is 16.3 Å². The molecule has 3 aromatic rings. The van der Waals surface area contributed by atoms with E-state index in [4.69, 9.17) is 16.3 Å². The van der Waals surface area contributed by atoms with E-state index < -0.39 is 67.1 Å². The van der Waals surface area contributed by atoms with Gasteiger partial charge in [-0.05, 0) is 42.0 Å². The summed E-state index contributed by atoms with van der Waals surface area (Å²) in [4.78, 5) is 38.5. The highest BCUT2D eigenvalue weighted by atomic mass is 35.5. The minimum absolute atomic E-state index is 0.0712. The molecule has 0 aliphatic heterocycles. The third kappa shape index (κ3) is 9.30. The predicted molar refractivity (Wildman–Crippen MR) is 141 cm³/mol. The van der Waals surface area contributed by atoms with Gasteiger partial charge >= 0.3 is 18.0 Å². The van der Waals surface area contributed by atoms with Crippen molar-refractivity contribution in [1.29, 1.82) is 0 Å². The van der Waals surface area contributed by atoms with Gasteiger partial charge in [-0.1, -0.05) is 23.7 Å². The van der Waals surface area contributed by atoms with Crippen LogP contribution in [0.2, 0.25) is 5.02 Å². The van der Waals surface area contributed by atoms with Crippen LogP contribution in [0, 0.1) is 0 Å². The van der Waals surface area contributed by atoms with E-state index in [1.54, 1.807) is 0 Å². The predicted octanol–water partition coefficient (Wildman–Crippen LogP) is 3.32. The number of nitrogens with zero attached hydrogens (tertiary/aromatic N) is 3. The fourth-order valence-corrected chi connectivity index (χ4v) is 4.03. The van der Waals surface area contributed by atoms with E-state index in [0.29, 0.717) is 9.25 Å². The second-order valence-corrected chi connectivity index (χ2v) is 9.67. The molecule has 2 atom stereocenters. The van der Waals surface area contributed by atoms with Gasteiger partial charge in [0.2, 0.25) is 11.8 Å². The summed E-state index contributed by atoms with van der Waals surface area (Å²) in [5.41, 5.74) is -2.14. The summed E-state index contributed by atoms with van der Waals surface area (Å²) in [7, 11) is 1.39. The van der Waals surface area contributed by atoms with E-state index in [1.807, 2.05) is 0 Å². The van der Waals surface area contributed by atoms with Crippen LogP contribution in [0.3, 0.4) is 0 Å². The first-order valence-corrected chi connectivity index (χ1v) is 12.9. The number of aliphatic hydroxyl groups excluding tert-OH is 1. The minimum Gasteiger partial charge on any atom is -0.383 e. The molecule has 0 spiro atoms. The van der Waals surface area contributed by atoms with Gasteiger partial charge in [0.05, 0.1) is 31.2 Å². The molecule has 234 valence electrons. The number of nitrogens with one attached hydrogen (secondary N) is 2. The number of aliphatic hydroxyl groups is 1. The largest absolute Gasteiger partial charge is 0.416 e. The van der Waals surface area contributed by atoms with Crippen molar-refractivity contribution in [3.8, 4) is 11.4 Å². The summed E-state index contributed by atoms with van der Waals surface area (Å²) in [6.45, 7) is -1.88. The molecule has 0 saturated heterocycles. The summed E-state index contributed by atoms with van der Waals surface area (Å²) < 4.78 is 85.2. The zero-order valence-electron chi connectivity index (χ0n) is 22.4. The molecule has 3 N–H and O–H groups in total. The first-order chi connectivity index (χ1) is 20.1. The highest BCUT2D eigenvalue weighted by Crippen LogP contribution is 2.31. The number of hydrogen-bond acceptors (Lipinski definition) is 6. The Bertz CT molecular complexity index is 1470. The number of hydrogen-bond donors (Lipinski definition) is 3. The molecular weight excluding hydrogens is 612 g/mol. The van der Waals surface area contributed by atoms with E-state index in [0.717, 1.165) is 18.2 Å². The van der Waals surface area contributed by atoms with Gasteiger partial charge in [0, 0.05) is 24.2 Å². The van der Waals surface area contributed by atoms with Gasteiger partial charge in [0.1, 0.15) is 6.54 Å². The summed E-state index contributed by atoms with van der Waals surface area (Å²) in [6.07, 6.45) is -13.2. The molecule has 43 heavy (non-hydrogen) atoms.